The Balaban J connectivity index is -0.0000000356. The van der Waals surface area contributed by atoms with E-state index in [2.05, 4.69) is 39.5 Å². The summed E-state index contributed by atoms with van der Waals surface area (Å²) in [5.74, 6) is -7.39. The van der Waals surface area contributed by atoms with Crippen molar-refractivity contribution >= 4 is 35.8 Å². The first-order valence-corrected chi connectivity index (χ1v) is 6.63. The molecule has 0 heterocycles. The number of aliphatic carboxylic acids is 6. The molecule has 0 atom stereocenters. The zero-order valence-corrected chi connectivity index (χ0v) is 19.8. The number of carboxylic acid groups (broad SMARTS) is 6. The molecule has 14 heteroatoms. The minimum atomic E-state index is -1.23. The zero-order chi connectivity index (χ0) is 25.7. The number of rotatable bonds is 6. The fourth-order valence-electron chi connectivity index (χ4n) is 0. The van der Waals surface area contributed by atoms with Crippen LogP contribution in [0.3, 0.4) is 0 Å². The van der Waals surface area contributed by atoms with Crippen LogP contribution in [0.4, 0.5) is 0 Å². The zero-order valence-electron chi connectivity index (χ0n) is 16.3. The second-order valence-corrected chi connectivity index (χ2v) is 3.14. The van der Waals surface area contributed by atoms with Gasteiger partial charge >= 0.3 is 39.0 Å². The van der Waals surface area contributed by atoms with Gasteiger partial charge in [-0.2, -0.15) is 0 Å². The van der Waals surface area contributed by atoms with Crippen LogP contribution in [-0.2, 0) is 67.7 Å². The van der Waals surface area contributed by atoms with Crippen LogP contribution in [0.15, 0.2) is 75.9 Å². The number of hydrogen-bond donors (Lipinski definition) is 0. The first-order chi connectivity index (χ1) is 13.6. The first kappa shape index (κ1) is 51.3. The fourth-order valence-corrected chi connectivity index (χ4v) is 0. The fraction of sp³-hybridized carbons (Fsp3) is 0. The summed E-state index contributed by atoms with van der Waals surface area (Å²) in [4.78, 5) is 54.8. The van der Waals surface area contributed by atoms with Crippen LogP contribution in [-0.4, -0.2) is 35.8 Å². The van der Waals surface area contributed by atoms with E-state index in [0.717, 1.165) is 36.5 Å². The summed E-state index contributed by atoms with van der Waals surface area (Å²) in [5, 5.41) is 54.8. The van der Waals surface area contributed by atoms with E-state index in [1.54, 1.807) is 0 Å². The van der Waals surface area contributed by atoms with Crippen molar-refractivity contribution in [1.82, 2.24) is 0 Å². The molecular formula is C18H18O12Ru2. The molecule has 0 fully saturated rings. The Morgan fingerprint density at radius 3 is 0.375 bits per heavy atom. The number of hydrogen-bond acceptors (Lipinski definition) is 12. The second-order valence-electron chi connectivity index (χ2n) is 3.14. The third-order valence-electron chi connectivity index (χ3n) is 1.00. The molecule has 2 radical (unpaired) electrons. The molecule has 0 unspecified atom stereocenters. The molecule has 0 spiro atoms. The van der Waals surface area contributed by atoms with Crippen molar-refractivity contribution in [1.29, 1.82) is 0 Å². The minimum Gasteiger partial charge on any atom is -0.545 e. The summed E-state index contributed by atoms with van der Waals surface area (Å²) < 4.78 is 0. The van der Waals surface area contributed by atoms with Gasteiger partial charge in [0, 0.05) is 0 Å². The molecule has 0 saturated carbocycles. The monoisotopic (exact) mass is 630 g/mol. The van der Waals surface area contributed by atoms with Gasteiger partial charge in [-0.1, -0.05) is 39.5 Å². The largest absolute Gasteiger partial charge is 3.00 e. The number of carboxylic acids is 6. The third kappa shape index (κ3) is 238. The van der Waals surface area contributed by atoms with Crippen LogP contribution in [0.25, 0.3) is 0 Å². The SMILES string of the molecule is C=CC(=O)[O-].C=CC(=O)[O-].C=CC(=O)[O-].C=CC(=O)[O-].C=CC(=O)[O-].C=CC(=O)[O-].[Ru+3].[Ru+3]. The maximum absolute atomic E-state index is 9.14. The molecule has 0 bridgehead atoms. The molecule has 178 valence electrons. The molecule has 0 rings (SSSR count). The Morgan fingerprint density at radius 2 is 0.375 bits per heavy atom. The van der Waals surface area contributed by atoms with Gasteiger partial charge in [0.15, 0.2) is 0 Å². The molecule has 0 aromatic rings. The van der Waals surface area contributed by atoms with E-state index in [4.69, 9.17) is 59.4 Å². The Bertz CT molecular complexity index is 486. The van der Waals surface area contributed by atoms with E-state index in [0.29, 0.717) is 0 Å². The molecule has 0 amide bonds. The smallest absolute Gasteiger partial charge is 0.545 e. The van der Waals surface area contributed by atoms with Crippen LogP contribution in [0.5, 0.6) is 0 Å². The van der Waals surface area contributed by atoms with Crippen molar-refractivity contribution in [2.75, 3.05) is 0 Å². The number of carbonyl (C=O) groups excluding carboxylic acids is 6. The van der Waals surface area contributed by atoms with E-state index in [-0.39, 0.29) is 39.0 Å². The molecule has 0 aromatic heterocycles. The molecule has 0 saturated heterocycles. The van der Waals surface area contributed by atoms with E-state index < -0.39 is 35.8 Å². The standard InChI is InChI=1S/6C3H4O2.2Ru/c6*1-2-3(4)5;;/h6*2H,1H2,(H,4,5);;/q;;;;;;2*+3/p-6. The first-order valence-electron chi connectivity index (χ1n) is 6.63. The molecule has 12 nitrogen and oxygen atoms in total. The van der Waals surface area contributed by atoms with E-state index in [1.807, 2.05) is 0 Å². The Kier molecular flexibility index (Phi) is 73.7. The van der Waals surface area contributed by atoms with Crippen LogP contribution in [0, 0.1) is 0 Å². The van der Waals surface area contributed by atoms with Gasteiger partial charge in [-0.15, -0.1) is 0 Å². The van der Waals surface area contributed by atoms with Gasteiger partial charge in [-0.3, -0.25) is 0 Å². The van der Waals surface area contributed by atoms with Crippen molar-refractivity contribution < 1.29 is 98.4 Å². The van der Waals surface area contributed by atoms with E-state index in [9.17, 15) is 0 Å². The average molecular weight is 628 g/mol. The van der Waals surface area contributed by atoms with Gasteiger partial charge in [0.05, 0.1) is 35.8 Å². The van der Waals surface area contributed by atoms with Crippen molar-refractivity contribution in [3.8, 4) is 0 Å². The summed E-state index contributed by atoms with van der Waals surface area (Å²) in [6.45, 7) is 17.4. The van der Waals surface area contributed by atoms with Crippen LogP contribution in [0.2, 0.25) is 0 Å². The van der Waals surface area contributed by atoms with Gasteiger partial charge < -0.3 is 59.4 Å². The predicted octanol–water partition coefficient (Wildman–Crippen LogP) is -6.47. The van der Waals surface area contributed by atoms with Gasteiger partial charge in [0.25, 0.3) is 0 Å². The maximum Gasteiger partial charge on any atom is 3.00 e. The van der Waals surface area contributed by atoms with Crippen molar-refractivity contribution in [2.24, 2.45) is 0 Å². The van der Waals surface area contributed by atoms with Crippen molar-refractivity contribution in [3.05, 3.63) is 75.9 Å². The maximum atomic E-state index is 9.14. The molecule has 32 heavy (non-hydrogen) atoms. The Morgan fingerprint density at radius 1 is 0.344 bits per heavy atom. The summed E-state index contributed by atoms with van der Waals surface area (Å²) in [5.41, 5.74) is 0. The quantitative estimate of drug-likeness (QED) is 0.197. The summed E-state index contributed by atoms with van der Waals surface area (Å²) in [7, 11) is 0. The van der Waals surface area contributed by atoms with Gasteiger partial charge in [0.2, 0.25) is 0 Å². The topological polar surface area (TPSA) is 241 Å². The molecule has 0 aromatic carbocycles. The van der Waals surface area contributed by atoms with E-state index in [1.165, 1.54) is 0 Å². The Hall–Kier alpha value is -3.49. The third-order valence-corrected chi connectivity index (χ3v) is 1.00. The Labute approximate surface area is 209 Å². The molecule has 0 aliphatic carbocycles. The normalized spacial score (nSPS) is 6.00. The molecule has 0 aliphatic heterocycles. The predicted molar refractivity (Wildman–Crippen MR) is 91.2 cm³/mol. The molecule has 0 N–H and O–H groups in total. The van der Waals surface area contributed by atoms with Crippen molar-refractivity contribution in [2.45, 2.75) is 0 Å². The summed E-state index contributed by atoms with van der Waals surface area (Å²) >= 11 is 0. The molecule has 0 aliphatic rings. The summed E-state index contributed by atoms with van der Waals surface area (Å²) in [6, 6.07) is 0. The summed E-state index contributed by atoms with van der Waals surface area (Å²) in [6.07, 6.45) is 4.33. The van der Waals surface area contributed by atoms with Gasteiger partial charge in [0.1, 0.15) is 0 Å². The number of carbonyl (C=O) groups is 6. The van der Waals surface area contributed by atoms with E-state index >= 15 is 0 Å². The van der Waals surface area contributed by atoms with Gasteiger partial charge in [-0.05, 0) is 36.5 Å². The average Bonchev–Trinajstić information content (AvgIpc) is 2.69. The molecular weight excluding hydrogens is 610 g/mol. The van der Waals surface area contributed by atoms with Crippen molar-refractivity contribution in [3.63, 3.8) is 0 Å². The second kappa shape index (κ2) is 46.0. The van der Waals surface area contributed by atoms with Crippen LogP contribution in [0.1, 0.15) is 0 Å². The van der Waals surface area contributed by atoms with Crippen LogP contribution < -0.4 is 30.6 Å². The van der Waals surface area contributed by atoms with Crippen LogP contribution >= 0.6 is 0 Å². The van der Waals surface area contributed by atoms with Gasteiger partial charge in [-0.25, -0.2) is 0 Å². The minimum absolute atomic E-state index is 0.